The summed E-state index contributed by atoms with van der Waals surface area (Å²) in [7, 11) is 1.62. The van der Waals surface area contributed by atoms with Gasteiger partial charge in [0.2, 0.25) is 0 Å². The molecule has 0 bridgehead atoms. The standard InChI is InChI=1S/C23H23BrFN5O2/c1-26-16-4-5-17-18(12-16)21(27-13-15-3-6-20(32-2)19(24)11-15)28-29-22(17)30-9-7-23(25,14-31)8-10-30/h3-6,11-12,31H,7-10,13-14H2,2H3,(H,27,28). The Labute approximate surface area is 194 Å². The summed E-state index contributed by atoms with van der Waals surface area (Å²) in [5, 5.41) is 23.1. The van der Waals surface area contributed by atoms with E-state index in [9.17, 15) is 9.50 Å². The van der Waals surface area contributed by atoms with Crippen molar-refractivity contribution in [2.45, 2.75) is 25.1 Å². The van der Waals surface area contributed by atoms with E-state index >= 15 is 0 Å². The van der Waals surface area contributed by atoms with Crippen molar-refractivity contribution in [1.29, 1.82) is 0 Å². The molecule has 0 unspecified atom stereocenters. The molecule has 4 rings (SSSR count). The van der Waals surface area contributed by atoms with Gasteiger partial charge in [-0.25, -0.2) is 9.24 Å². The van der Waals surface area contributed by atoms with Crippen LogP contribution in [-0.2, 0) is 6.54 Å². The molecule has 0 spiro atoms. The molecular formula is C23H23BrFN5O2. The lowest BCUT2D eigenvalue weighted by atomic mass is 9.94. The number of alkyl halides is 1. The first-order valence-corrected chi connectivity index (χ1v) is 11.0. The number of nitrogens with zero attached hydrogens (tertiary/aromatic N) is 4. The van der Waals surface area contributed by atoms with Crippen molar-refractivity contribution in [3.05, 3.63) is 57.9 Å². The van der Waals surface area contributed by atoms with Gasteiger partial charge in [-0.1, -0.05) is 18.2 Å². The van der Waals surface area contributed by atoms with Gasteiger partial charge in [0, 0.05) is 43.2 Å². The number of fused-ring (bicyclic) bond motifs is 1. The van der Waals surface area contributed by atoms with Gasteiger partial charge >= 0.3 is 0 Å². The predicted molar refractivity (Wildman–Crippen MR) is 126 cm³/mol. The van der Waals surface area contributed by atoms with E-state index in [0.717, 1.165) is 26.6 Å². The van der Waals surface area contributed by atoms with Crippen LogP contribution in [0, 0.1) is 6.57 Å². The minimum absolute atomic E-state index is 0.235. The van der Waals surface area contributed by atoms with Crippen LogP contribution >= 0.6 is 15.9 Å². The van der Waals surface area contributed by atoms with Crippen LogP contribution in [-0.4, -0.2) is 47.8 Å². The lowest BCUT2D eigenvalue weighted by Crippen LogP contribution is -2.44. The smallest absolute Gasteiger partial charge is 0.188 e. The Morgan fingerprint density at radius 2 is 2.00 bits per heavy atom. The molecule has 0 amide bonds. The summed E-state index contributed by atoms with van der Waals surface area (Å²) in [4.78, 5) is 5.54. The number of ether oxygens (including phenoxy) is 1. The predicted octanol–water partition coefficient (Wildman–Crippen LogP) is 4.86. The van der Waals surface area contributed by atoms with Crippen molar-refractivity contribution >= 4 is 44.0 Å². The maximum atomic E-state index is 14.4. The zero-order valence-corrected chi connectivity index (χ0v) is 19.2. The number of piperidine rings is 1. The lowest BCUT2D eigenvalue weighted by Gasteiger charge is -2.36. The number of methoxy groups -OCH3 is 1. The molecular weight excluding hydrogens is 477 g/mol. The summed E-state index contributed by atoms with van der Waals surface area (Å²) >= 11 is 3.50. The molecule has 1 aliphatic heterocycles. The molecule has 2 N–H and O–H groups in total. The molecule has 32 heavy (non-hydrogen) atoms. The van der Waals surface area contributed by atoms with Crippen LogP contribution in [0.25, 0.3) is 15.6 Å². The molecule has 7 nitrogen and oxygen atoms in total. The van der Waals surface area contributed by atoms with E-state index in [0.29, 0.717) is 37.0 Å². The molecule has 3 aromatic rings. The molecule has 1 aromatic heterocycles. The zero-order valence-electron chi connectivity index (χ0n) is 17.6. The third-order valence-electron chi connectivity index (χ3n) is 5.79. The second kappa shape index (κ2) is 9.27. The van der Waals surface area contributed by atoms with Crippen LogP contribution in [0.15, 0.2) is 40.9 Å². The van der Waals surface area contributed by atoms with Crippen LogP contribution in [0.5, 0.6) is 5.75 Å². The molecule has 166 valence electrons. The van der Waals surface area contributed by atoms with E-state index in [1.807, 2.05) is 29.2 Å². The van der Waals surface area contributed by atoms with Crippen LogP contribution < -0.4 is 15.0 Å². The Hall–Kier alpha value is -2.96. The fourth-order valence-corrected chi connectivity index (χ4v) is 4.43. The second-order valence-corrected chi connectivity index (χ2v) is 8.69. The summed E-state index contributed by atoms with van der Waals surface area (Å²) in [5.74, 6) is 1.99. The Balaban J connectivity index is 1.63. The molecule has 0 radical (unpaired) electrons. The molecule has 1 fully saturated rings. The van der Waals surface area contributed by atoms with Gasteiger partial charge in [0.25, 0.3) is 0 Å². The molecule has 2 aromatic carbocycles. The normalized spacial score (nSPS) is 15.4. The largest absolute Gasteiger partial charge is 0.496 e. The number of hydrogen-bond acceptors (Lipinski definition) is 6. The first kappa shape index (κ1) is 22.2. The number of aliphatic hydroxyl groups is 1. The fraction of sp³-hybridized carbons (Fsp3) is 0.348. The number of nitrogens with one attached hydrogen (secondary N) is 1. The number of benzene rings is 2. The minimum atomic E-state index is -1.54. The molecule has 0 aliphatic carbocycles. The summed E-state index contributed by atoms with van der Waals surface area (Å²) in [6.07, 6.45) is 0.471. The average molecular weight is 500 g/mol. The van der Waals surface area contributed by atoms with Crippen LogP contribution in [0.4, 0.5) is 21.7 Å². The maximum absolute atomic E-state index is 14.4. The number of aromatic nitrogens is 2. The monoisotopic (exact) mass is 499 g/mol. The highest BCUT2D eigenvalue weighted by Gasteiger charge is 2.34. The van der Waals surface area contributed by atoms with Crippen molar-refractivity contribution < 1.29 is 14.2 Å². The average Bonchev–Trinajstić information content (AvgIpc) is 2.83. The summed E-state index contributed by atoms with van der Waals surface area (Å²) in [6, 6.07) is 11.2. The number of halogens is 2. The number of anilines is 2. The molecule has 1 saturated heterocycles. The van der Waals surface area contributed by atoms with Crippen molar-refractivity contribution in [1.82, 2.24) is 10.2 Å². The molecule has 0 saturated carbocycles. The quantitative estimate of drug-likeness (QED) is 0.471. The Bertz CT molecular complexity index is 1170. The fourth-order valence-electron chi connectivity index (χ4n) is 3.84. The zero-order chi connectivity index (χ0) is 22.7. The number of rotatable bonds is 6. The van der Waals surface area contributed by atoms with Gasteiger partial charge in [-0.2, -0.15) is 0 Å². The van der Waals surface area contributed by atoms with Crippen molar-refractivity contribution in [2.24, 2.45) is 0 Å². The van der Waals surface area contributed by atoms with Crippen LogP contribution in [0.2, 0.25) is 0 Å². The Morgan fingerprint density at radius 1 is 1.22 bits per heavy atom. The highest BCUT2D eigenvalue weighted by Crippen LogP contribution is 2.35. The Kier molecular flexibility index (Phi) is 6.44. The SMILES string of the molecule is [C-]#[N+]c1ccc2c(N3CCC(F)(CO)CC3)nnc(NCc3ccc(OC)c(Br)c3)c2c1. The molecule has 1 aliphatic rings. The van der Waals surface area contributed by atoms with E-state index in [1.54, 1.807) is 19.2 Å². The van der Waals surface area contributed by atoms with Gasteiger partial charge in [-0.15, -0.1) is 10.2 Å². The number of hydrogen-bond donors (Lipinski definition) is 2. The van der Waals surface area contributed by atoms with E-state index in [1.165, 1.54) is 0 Å². The van der Waals surface area contributed by atoms with Crippen molar-refractivity contribution in [3.63, 3.8) is 0 Å². The highest BCUT2D eigenvalue weighted by molar-refractivity contribution is 9.10. The molecule has 0 atom stereocenters. The van der Waals surface area contributed by atoms with Gasteiger partial charge in [-0.05, 0) is 39.7 Å². The van der Waals surface area contributed by atoms with E-state index in [4.69, 9.17) is 11.3 Å². The lowest BCUT2D eigenvalue weighted by molar-refractivity contribution is 0.0480. The summed E-state index contributed by atoms with van der Waals surface area (Å²) in [5.41, 5.74) is -0.00347. The van der Waals surface area contributed by atoms with E-state index in [-0.39, 0.29) is 12.8 Å². The minimum Gasteiger partial charge on any atom is -0.496 e. The highest BCUT2D eigenvalue weighted by atomic mass is 79.9. The van der Waals surface area contributed by atoms with Crippen LogP contribution in [0.3, 0.4) is 0 Å². The molecule has 2 heterocycles. The van der Waals surface area contributed by atoms with Crippen molar-refractivity contribution in [3.8, 4) is 5.75 Å². The Morgan fingerprint density at radius 3 is 2.66 bits per heavy atom. The maximum Gasteiger partial charge on any atom is 0.188 e. The topological polar surface area (TPSA) is 74.9 Å². The first-order chi connectivity index (χ1) is 15.5. The van der Waals surface area contributed by atoms with E-state index in [2.05, 4.69) is 36.3 Å². The number of aliphatic hydroxyl groups excluding tert-OH is 1. The summed E-state index contributed by atoms with van der Waals surface area (Å²) in [6.45, 7) is 8.31. The third-order valence-corrected chi connectivity index (χ3v) is 6.41. The molecule has 9 heteroatoms. The van der Waals surface area contributed by atoms with E-state index < -0.39 is 12.3 Å². The van der Waals surface area contributed by atoms with Gasteiger partial charge in [0.05, 0.1) is 24.8 Å². The first-order valence-electron chi connectivity index (χ1n) is 10.3. The van der Waals surface area contributed by atoms with Gasteiger partial charge in [-0.3, -0.25) is 0 Å². The van der Waals surface area contributed by atoms with Gasteiger partial charge < -0.3 is 20.1 Å². The van der Waals surface area contributed by atoms with Gasteiger partial charge in [0.1, 0.15) is 11.4 Å². The third kappa shape index (κ3) is 4.47. The van der Waals surface area contributed by atoms with Crippen molar-refractivity contribution in [2.75, 3.05) is 37.0 Å². The second-order valence-electron chi connectivity index (χ2n) is 7.83. The summed E-state index contributed by atoms with van der Waals surface area (Å²) < 4.78 is 20.6. The van der Waals surface area contributed by atoms with Crippen LogP contribution in [0.1, 0.15) is 18.4 Å². The van der Waals surface area contributed by atoms with Gasteiger partial charge in [0.15, 0.2) is 17.3 Å².